The maximum atomic E-state index is 9.81. The van der Waals surface area contributed by atoms with Gasteiger partial charge in [0.2, 0.25) is 0 Å². The summed E-state index contributed by atoms with van der Waals surface area (Å²) in [6.07, 6.45) is 1.08. The largest absolute Gasteiger partial charge is 0.390 e. The smallest absolute Gasteiger partial charge is 0.110 e. The first-order chi connectivity index (χ1) is 6.18. The lowest BCUT2D eigenvalue weighted by atomic mass is 9.78. The van der Waals surface area contributed by atoms with Gasteiger partial charge >= 0.3 is 0 Å². The van der Waals surface area contributed by atoms with Gasteiger partial charge in [-0.15, -0.1) is 0 Å². The maximum Gasteiger partial charge on any atom is 0.110 e. The first-order valence-electron chi connectivity index (χ1n) is 5.17. The van der Waals surface area contributed by atoms with E-state index >= 15 is 0 Å². The van der Waals surface area contributed by atoms with Crippen molar-refractivity contribution in [3.63, 3.8) is 0 Å². The van der Waals surface area contributed by atoms with Crippen molar-refractivity contribution in [3.8, 4) is 0 Å². The standard InChI is InChI=1S/C10H16O3/c1-4-7-3-6(11)10-9(12-7)5(2)8(4)13-10/h4-11H,3H2,1-2H3/t4-,5-,6?,7?,8-,9+,10+/m0/s1. The average Bonchev–Trinajstić information content (AvgIpc) is 2.29. The maximum absolute atomic E-state index is 9.81. The van der Waals surface area contributed by atoms with Gasteiger partial charge in [-0.3, -0.25) is 0 Å². The van der Waals surface area contributed by atoms with E-state index in [9.17, 15) is 5.11 Å². The number of rotatable bonds is 0. The summed E-state index contributed by atoms with van der Waals surface area (Å²) in [5.41, 5.74) is 0. The molecule has 3 fully saturated rings. The van der Waals surface area contributed by atoms with E-state index in [0.717, 1.165) is 6.42 Å². The van der Waals surface area contributed by atoms with Gasteiger partial charge in [-0.2, -0.15) is 0 Å². The third kappa shape index (κ3) is 0.901. The van der Waals surface area contributed by atoms with Crippen molar-refractivity contribution < 1.29 is 14.6 Å². The van der Waals surface area contributed by atoms with Crippen molar-refractivity contribution in [2.75, 3.05) is 0 Å². The molecule has 3 nitrogen and oxygen atoms in total. The molecule has 3 heterocycles. The van der Waals surface area contributed by atoms with Crippen LogP contribution in [0.3, 0.4) is 0 Å². The molecule has 0 aromatic rings. The Morgan fingerprint density at radius 3 is 2.54 bits per heavy atom. The molecular weight excluding hydrogens is 168 g/mol. The summed E-state index contributed by atoms with van der Waals surface area (Å²) in [7, 11) is 0. The van der Waals surface area contributed by atoms with Gasteiger partial charge in [0.25, 0.3) is 0 Å². The highest BCUT2D eigenvalue weighted by molar-refractivity contribution is 5.05. The van der Waals surface area contributed by atoms with Crippen molar-refractivity contribution in [2.24, 2.45) is 11.8 Å². The molecule has 0 aliphatic carbocycles. The van der Waals surface area contributed by atoms with Crippen molar-refractivity contribution >= 4 is 0 Å². The topological polar surface area (TPSA) is 38.7 Å². The molecule has 0 radical (unpaired) electrons. The molecule has 0 aromatic carbocycles. The zero-order chi connectivity index (χ0) is 9.16. The molecule has 0 aromatic heterocycles. The van der Waals surface area contributed by atoms with Crippen molar-refractivity contribution in [3.05, 3.63) is 0 Å². The Labute approximate surface area is 78.0 Å². The molecule has 3 aliphatic rings. The highest BCUT2D eigenvalue weighted by atomic mass is 16.6. The second-order valence-electron chi connectivity index (χ2n) is 4.73. The molecular formula is C10H16O3. The van der Waals surface area contributed by atoms with E-state index in [-0.39, 0.29) is 24.4 Å². The molecule has 0 amide bonds. The molecule has 3 saturated heterocycles. The molecule has 74 valence electrons. The average molecular weight is 184 g/mol. The van der Waals surface area contributed by atoms with Crippen LogP contribution in [-0.2, 0) is 9.47 Å². The monoisotopic (exact) mass is 184 g/mol. The lowest BCUT2D eigenvalue weighted by Gasteiger charge is -2.41. The van der Waals surface area contributed by atoms with E-state index in [1.807, 2.05) is 0 Å². The lowest BCUT2D eigenvalue weighted by Crippen LogP contribution is -2.52. The fourth-order valence-electron chi connectivity index (χ4n) is 3.16. The Hall–Kier alpha value is -0.120. The predicted molar refractivity (Wildman–Crippen MR) is 46.3 cm³/mol. The summed E-state index contributed by atoms with van der Waals surface area (Å²) in [6.45, 7) is 4.34. The van der Waals surface area contributed by atoms with Crippen LogP contribution in [0.15, 0.2) is 0 Å². The van der Waals surface area contributed by atoms with Crippen LogP contribution in [0.25, 0.3) is 0 Å². The van der Waals surface area contributed by atoms with Crippen LogP contribution in [0.5, 0.6) is 0 Å². The van der Waals surface area contributed by atoms with E-state index in [2.05, 4.69) is 13.8 Å². The Balaban J connectivity index is 1.98. The number of hydrogen-bond donors (Lipinski definition) is 1. The minimum absolute atomic E-state index is 0.0544. The van der Waals surface area contributed by atoms with E-state index in [0.29, 0.717) is 17.9 Å². The molecule has 3 heteroatoms. The molecule has 3 rings (SSSR count). The van der Waals surface area contributed by atoms with Crippen LogP contribution in [0.2, 0.25) is 0 Å². The lowest BCUT2D eigenvalue weighted by molar-refractivity contribution is -0.153. The molecule has 7 atom stereocenters. The van der Waals surface area contributed by atoms with Crippen LogP contribution in [0.1, 0.15) is 20.3 Å². The van der Waals surface area contributed by atoms with E-state index < -0.39 is 0 Å². The first-order valence-corrected chi connectivity index (χ1v) is 5.17. The molecule has 0 saturated carbocycles. The van der Waals surface area contributed by atoms with Crippen molar-refractivity contribution in [1.29, 1.82) is 0 Å². The van der Waals surface area contributed by atoms with Gasteiger partial charge in [0.1, 0.15) is 6.10 Å². The molecule has 1 N–H and O–H groups in total. The van der Waals surface area contributed by atoms with Crippen LogP contribution < -0.4 is 0 Å². The summed E-state index contributed by atoms with van der Waals surface area (Å²) >= 11 is 0. The summed E-state index contributed by atoms with van der Waals surface area (Å²) in [6, 6.07) is 0. The third-order valence-corrected chi connectivity index (χ3v) is 3.96. The molecule has 2 unspecified atom stereocenters. The summed E-state index contributed by atoms with van der Waals surface area (Å²) in [5, 5.41) is 9.81. The Bertz CT molecular complexity index is 228. The summed E-state index contributed by atoms with van der Waals surface area (Å²) < 4.78 is 11.7. The summed E-state index contributed by atoms with van der Waals surface area (Å²) in [4.78, 5) is 0. The minimum Gasteiger partial charge on any atom is -0.390 e. The van der Waals surface area contributed by atoms with Gasteiger partial charge in [0, 0.05) is 18.3 Å². The second-order valence-corrected chi connectivity index (χ2v) is 4.73. The van der Waals surface area contributed by atoms with Crippen LogP contribution in [0, 0.1) is 11.8 Å². The number of ether oxygens (including phenoxy) is 2. The number of hydrogen-bond acceptors (Lipinski definition) is 3. The van der Waals surface area contributed by atoms with E-state index in [1.165, 1.54) is 0 Å². The second kappa shape index (κ2) is 2.47. The summed E-state index contributed by atoms with van der Waals surface area (Å²) in [5.74, 6) is 0.889. The fraction of sp³-hybridized carbons (Fsp3) is 1.00. The van der Waals surface area contributed by atoms with Crippen LogP contribution >= 0.6 is 0 Å². The highest BCUT2D eigenvalue weighted by Gasteiger charge is 2.57. The number of fused-ring (bicyclic) bond motifs is 2. The van der Waals surface area contributed by atoms with Gasteiger partial charge in [0.05, 0.1) is 24.4 Å². The number of aliphatic hydroxyl groups excluding tert-OH is 1. The Morgan fingerprint density at radius 2 is 1.77 bits per heavy atom. The highest BCUT2D eigenvalue weighted by Crippen LogP contribution is 2.47. The molecule has 3 aliphatic heterocycles. The quantitative estimate of drug-likeness (QED) is 0.598. The zero-order valence-electron chi connectivity index (χ0n) is 8.01. The Morgan fingerprint density at radius 1 is 1.00 bits per heavy atom. The van der Waals surface area contributed by atoms with Gasteiger partial charge in [-0.05, 0) is 0 Å². The SMILES string of the molecule is C[C@@H]1[C@H]2OC3CC(O)[C@H]2O[C@H]1[C@H]3C. The van der Waals surface area contributed by atoms with Crippen molar-refractivity contribution in [1.82, 2.24) is 0 Å². The fourth-order valence-corrected chi connectivity index (χ4v) is 3.16. The number of aliphatic hydroxyl groups is 1. The molecule has 3 bridgehead atoms. The van der Waals surface area contributed by atoms with Gasteiger partial charge in [-0.1, -0.05) is 13.8 Å². The normalized spacial score (nSPS) is 64.4. The van der Waals surface area contributed by atoms with Gasteiger partial charge in [0.15, 0.2) is 0 Å². The van der Waals surface area contributed by atoms with Crippen molar-refractivity contribution in [2.45, 2.75) is 50.8 Å². The van der Waals surface area contributed by atoms with E-state index in [1.54, 1.807) is 0 Å². The van der Waals surface area contributed by atoms with Crippen LogP contribution in [-0.4, -0.2) is 35.6 Å². The zero-order valence-corrected chi connectivity index (χ0v) is 8.01. The van der Waals surface area contributed by atoms with E-state index in [4.69, 9.17) is 9.47 Å². The molecule has 13 heavy (non-hydrogen) atoms. The molecule has 0 spiro atoms. The van der Waals surface area contributed by atoms with Gasteiger partial charge < -0.3 is 14.6 Å². The first kappa shape index (κ1) is 8.21. The minimum atomic E-state index is -0.304. The van der Waals surface area contributed by atoms with Gasteiger partial charge in [-0.25, -0.2) is 0 Å². The van der Waals surface area contributed by atoms with Crippen LogP contribution in [0.4, 0.5) is 0 Å². The third-order valence-electron chi connectivity index (χ3n) is 3.96. The Kier molecular flexibility index (Phi) is 1.56. The predicted octanol–water partition coefficient (Wildman–Crippen LogP) is 0.558.